The molecule has 2 heterocycles. The van der Waals surface area contributed by atoms with Gasteiger partial charge in [-0.15, -0.1) is 0 Å². The van der Waals surface area contributed by atoms with Gasteiger partial charge in [-0.25, -0.2) is 0 Å². The molecule has 0 amide bonds. The van der Waals surface area contributed by atoms with E-state index in [1.165, 1.54) is 19.3 Å². The maximum Gasteiger partial charge on any atom is 0.234 e. The van der Waals surface area contributed by atoms with Crippen LogP contribution in [0.1, 0.15) is 65.7 Å². The lowest BCUT2D eigenvalue weighted by atomic mass is 9.78. The summed E-state index contributed by atoms with van der Waals surface area (Å²) in [6.07, 6.45) is 7.75. The Hall–Kier alpha value is -0.810. The molecule has 0 aliphatic carbocycles. The summed E-state index contributed by atoms with van der Waals surface area (Å²) in [5, 5.41) is 14.4. The van der Waals surface area contributed by atoms with Crippen LogP contribution >= 0.6 is 0 Å². The molecule has 1 saturated heterocycles. The monoisotopic (exact) mass is 340 g/mol. The van der Waals surface area contributed by atoms with Crippen molar-refractivity contribution in [2.75, 3.05) is 32.8 Å². The maximum atomic E-state index is 10.2. The van der Waals surface area contributed by atoms with Gasteiger partial charge in [0.25, 0.3) is 0 Å². The van der Waals surface area contributed by atoms with Crippen LogP contribution < -0.4 is 0 Å². The smallest absolute Gasteiger partial charge is 0.234 e. The van der Waals surface area contributed by atoms with Crippen molar-refractivity contribution in [3.63, 3.8) is 0 Å². The van der Waals surface area contributed by atoms with Gasteiger partial charge in [-0.05, 0) is 51.1 Å². The van der Waals surface area contributed by atoms with E-state index in [0.717, 1.165) is 45.3 Å². The number of hydrogen-bond donors (Lipinski definition) is 1. The Balaban J connectivity index is 2.00. The Morgan fingerprint density at radius 2 is 2.00 bits per heavy atom. The fourth-order valence-electron chi connectivity index (χ4n) is 3.74. The van der Waals surface area contributed by atoms with Gasteiger partial charge < -0.3 is 14.7 Å². The van der Waals surface area contributed by atoms with E-state index < -0.39 is 0 Å². The van der Waals surface area contributed by atoms with E-state index in [1.807, 2.05) is 0 Å². The molecule has 2 atom stereocenters. The highest BCUT2D eigenvalue weighted by atomic mass is 16.7. The van der Waals surface area contributed by atoms with E-state index in [9.17, 15) is 5.11 Å². The zero-order valence-corrected chi connectivity index (χ0v) is 15.8. The molecule has 0 bridgehead atoms. The lowest BCUT2D eigenvalue weighted by Crippen LogP contribution is -2.46. The first-order valence-corrected chi connectivity index (χ1v) is 9.80. The van der Waals surface area contributed by atoms with Gasteiger partial charge >= 0.3 is 0 Å². The SMILES string of the molecule is CCCC(CO)(CCC(C)C)C1=NOCC(CN2CCCCC2)O1. The van der Waals surface area contributed by atoms with Crippen LogP contribution in [0.15, 0.2) is 5.16 Å². The van der Waals surface area contributed by atoms with Gasteiger partial charge in [0, 0.05) is 6.54 Å². The Morgan fingerprint density at radius 1 is 1.25 bits per heavy atom. The first-order valence-electron chi connectivity index (χ1n) is 9.80. The molecule has 140 valence electrons. The molecule has 1 N–H and O–H groups in total. The second-order valence-electron chi connectivity index (χ2n) is 7.91. The molecule has 2 aliphatic heterocycles. The minimum atomic E-state index is -0.389. The summed E-state index contributed by atoms with van der Waals surface area (Å²) >= 11 is 0. The molecular formula is C19H36N2O3. The molecule has 5 heteroatoms. The molecule has 2 unspecified atom stereocenters. The van der Waals surface area contributed by atoms with Crippen LogP contribution in [-0.2, 0) is 9.57 Å². The average molecular weight is 341 g/mol. The minimum Gasteiger partial charge on any atom is -0.470 e. The van der Waals surface area contributed by atoms with E-state index in [4.69, 9.17) is 9.57 Å². The molecule has 0 saturated carbocycles. The van der Waals surface area contributed by atoms with Crippen LogP contribution in [0, 0.1) is 11.3 Å². The normalized spacial score (nSPS) is 24.9. The fourth-order valence-corrected chi connectivity index (χ4v) is 3.74. The highest BCUT2D eigenvalue weighted by Crippen LogP contribution is 2.35. The van der Waals surface area contributed by atoms with Crippen LogP contribution in [0.3, 0.4) is 0 Å². The van der Waals surface area contributed by atoms with Gasteiger partial charge in [-0.2, -0.15) is 0 Å². The molecule has 0 aromatic heterocycles. The van der Waals surface area contributed by atoms with Crippen LogP contribution in [0.5, 0.6) is 0 Å². The van der Waals surface area contributed by atoms with Crippen LogP contribution in [0.2, 0.25) is 0 Å². The van der Waals surface area contributed by atoms with E-state index in [1.54, 1.807) is 0 Å². The molecule has 0 spiro atoms. The Labute approximate surface area is 147 Å². The molecule has 0 aromatic rings. The van der Waals surface area contributed by atoms with Gasteiger partial charge in [-0.3, -0.25) is 4.90 Å². The molecular weight excluding hydrogens is 304 g/mol. The number of rotatable bonds is 9. The van der Waals surface area contributed by atoms with E-state index in [2.05, 4.69) is 30.8 Å². The fraction of sp³-hybridized carbons (Fsp3) is 0.947. The summed E-state index contributed by atoms with van der Waals surface area (Å²) in [4.78, 5) is 7.99. The number of ether oxygens (including phenoxy) is 1. The van der Waals surface area contributed by atoms with Crippen molar-refractivity contribution in [3.8, 4) is 0 Å². The zero-order chi connectivity index (χ0) is 17.4. The second-order valence-corrected chi connectivity index (χ2v) is 7.91. The van der Waals surface area contributed by atoms with E-state index >= 15 is 0 Å². The summed E-state index contributed by atoms with van der Waals surface area (Å²) in [7, 11) is 0. The summed E-state index contributed by atoms with van der Waals surface area (Å²) < 4.78 is 6.25. The van der Waals surface area contributed by atoms with Crippen molar-refractivity contribution < 1.29 is 14.7 Å². The van der Waals surface area contributed by atoms with Gasteiger partial charge in [0.2, 0.25) is 5.90 Å². The van der Waals surface area contributed by atoms with Crippen molar-refractivity contribution in [2.45, 2.75) is 71.8 Å². The number of piperidine rings is 1. The third-order valence-corrected chi connectivity index (χ3v) is 5.28. The lowest BCUT2D eigenvalue weighted by molar-refractivity contribution is -0.0288. The van der Waals surface area contributed by atoms with Crippen molar-refractivity contribution in [2.24, 2.45) is 16.5 Å². The number of nitrogens with zero attached hydrogens (tertiary/aromatic N) is 2. The van der Waals surface area contributed by atoms with Gasteiger partial charge in [0.05, 0.1) is 12.0 Å². The van der Waals surface area contributed by atoms with Crippen molar-refractivity contribution in [3.05, 3.63) is 0 Å². The Morgan fingerprint density at radius 3 is 2.62 bits per heavy atom. The topological polar surface area (TPSA) is 54.3 Å². The first-order chi connectivity index (χ1) is 11.6. The summed E-state index contributed by atoms with van der Waals surface area (Å²) in [5.41, 5.74) is -0.389. The molecule has 24 heavy (non-hydrogen) atoms. The van der Waals surface area contributed by atoms with Crippen molar-refractivity contribution in [1.82, 2.24) is 4.90 Å². The number of aliphatic hydroxyl groups is 1. The third kappa shape index (κ3) is 5.35. The molecule has 0 radical (unpaired) electrons. The largest absolute Gasteiger partial charge is 0.470 e. The first kappa shape index (κ1) is 19.5. The standard InChI is InChI=1S/C19H36N2O3/c1-4-9-19(15-22,10-8-16(2)3)18-20-23-14-17(24-18)13-21-11-6-5-7-12-21/h16-17,22H,4-15H2,1-3H3. The van der Waals surface area contributed by atoms with Gasteiger partial charge in [0.1, 0.15) is 6.10 Å². The lowest BCUT2D eigenvalue weighted by Gasteiger charge is -2.38. The predicted octanol–water partition coefficient (Wildman–Crippen LogP) is 3.42. The highest BCUT2D eigenvalue weighted by molar-refractivity contribution is 5.82. The summed E-state index contributed by atoms with van der Waals surface area (Å²) in [6.45, 7) is 10.4. The Bertz CT molecular complexity index is 394. The number of likely N-dealkylation sites (tertiary alicyclic amines) is 1. The average Bonchev–Trinajstić information content (AvgIpc) is 2.60. The number of aliphatic hydroxyl groups excluding tert-OH is 1. The van der Waals surface area contributed by atoms with Gasteiger partial charge in [-0.1, -0.05) is 38.8 Å². The molecule has 1 fully saturated rings. The van der Waals surface area contributed by atoms with Crippen LogP contribution in [-0.4, -0.2) is 54.9 Å². The van der Waals surface area contributed by atoms with Crippen molar-refractivity contribution >= 4 is 5.90 Å². The second kappa shape index (κ2) is 9.62. The maximum absolute atomic E-state index is 10.2. The molecule has 2 aliphatic rings. The molecule has 0 aromatic carbocycles. The third-order valence-electron chi connectivity index (χ3n) is 5.28. The van der Waals surface area contributed by atoms with Crippen LogP contribution in [0.4, 0.5) is 0 Å². The van der Waals surface area contributed by atoms with Crippen molar-refractivity contribution in [1.29, 1.82) is 0 Å². The summed E-state index contributed by atoms with van der Waals surface area (Å²) in [5.74, 6) is 1.22. The van der Waals surface area contributed by atoms with Crippen LogP contribution in [0.25, 0.3) is 0 Å². The Kier molecular flexibility index (Phi) is 7.82. The zero-order valence-electron chi connectivity index (χ0n) is 15.8. The number of hydrogen-bond acceptors (Lipinski definition) is 5. The molecule has 5 nitrogen and oxygen atoms in total. The summed E-state index contributed by atoms with van der Waals surface area (Å²) in [6, 6.07) is 0. The predicted molar refractivity (Wildman–Crippen MR) is 97.0 cm³/mol. The minimum absolute atomic E-state index is 0.0254. The highest BCUT2D eigenvalue weighted by Gasteiger charge is 2.40. The van der Waals surface area contributed by atoms with E-state index in [-0.39, 0.29) is 18.1 Å². The molecule has 2 rings (SSSR count). The van der Waals surface area contributed by atoms with Gasteiger partial charge in [0.15, 0.2) is 6.61 Å². The quantitative estimate of drug-likeness (QED) is 0.699. The number of oxime groups is 1. The van der Waals surface area contributed by atoms with E-state index in [0.29, 0.717) is 18.4 Å².